The van der Waals surface area contributed by atoms with Gasteiger partial charge in [-0.1, -0.05) is 49.2 Å². The van der Waals surface area contributed by atoms with Gasteiger partial charge in [0.05, 0.1) is 13.0 Å². The van der Waals surface area contributed by atoms with Gasteiger partial charge in [-0.2, -0.15) is 0 Å². The van der Waals surface area contributed by atoms with Gasteiger partial charge < -0.3 is 15.2 Å². The Hall–Kier alpha value is -3.67. The standard InChI is InChI=1S/C29H32N2O4/c1-19-20(16-17-26(32)33)9-5-11-25(19)31-28(34)27(22-7-3-4-8-22)23-14-12-21(13-15-23)24-10-6-18-30-29(24)35-2/h5-6,9-15,18,22,27H,3-4,7-8,16-17H2,1-2H3,(H,31,34)(H,32,33)/t27-/m1/s1. The zero-order valence-electron chi connectivity index (χ0n) is 20.3. The average molecular weight is 473 g/mol. The second kappa shape index (κ2) is 11.2. The number of benzene rings is 2. The molecule has 1 fully saturated rings. The van der Waals surface area contributed by atoms with Crippen LogP contribution in [0.1, 0.15) is 54.7 Å². The Morgan fingerprint density at radius 2 is 1.83 bits per heavy atom. The number of aliphatic carboxylic acids is 1. The molecule has 0 aliphatic heterocycles. The molecule has 2 aromatic carbocycles. The lowest BCUT2D eigenvalue weighted by Gasteiger charge is -2.24. The van der Waals surface area contributed by atoms with Crippen LogP contribution in [0.4, 0.5) is 5.69 Å². The van der Waals surface area contributed by atoms with E-state index in [1.54, 1.807) is 13.3 Å². The smallest absolute Gasteiger partial charge is 0.303 e. The molecule has 0 saturated heterocycles. The maximum atomic E-state index is 13.6. The number of methoxy groups -OCH3 is 1. The third-order valence-corrected chi connectivity index (χ3v) is 7.01. The van der Waals surface area contributed by atoms with E-state index in [9.17, 15) is 9.59 Å². The van der Waals surface area contributed by atoms with Crippen molar-refractivity contribution in [2.75, 3.05) is 12.4 Å². The van der Waals surface area contributed by atoms with E-state index in [4.69, 9.17) is 9.84 Å². The number of aromatic nitrogens is 1. The number of anilines is 1. The Morgan fingerprint density at radius 3 is 2.51 bits per heavy atom. The second-order valence-electron chi connectivity index (χ2n) is 9.18. The molecule has 35 heavy (non-hydrogen) atoms. The zero-order chi connectivity index (χ0) is 24.8. The number of carboxylic acids is 1. The minimum Gasteiger partial charge on any atom is -0.481 e. The number of hydrogen-bond donors (Lipinski definition) is 2. The number of carboxylic acid groups (broad SMARTS) is 1. The first-order chi connectivity index (χ1) is 17.0. The molecule has 1 aliphatic carbocycles. The zero-order valence-corrected chi connectivity index (χ0v) is 20.3. The predicted octanol–water partition coefficient (Wildman–Crippen LogP) is 6.00. The van der Waals surface area contributed by atoms with Gasteiger partial charge >= 0.3 is 5.97 Å². The van der Waals surface area contributed by atoms with Gasteiger partial charge in [0.2, 0.25) is 11.8 Å². The predicted molar refractivity (Wildman–Crippen MR) is 137 cm³/mol. The maximum Gasteiger partial charge on any atom is 0.303 e. The van der Waals surface area contributed by atoms with E-state index in [1.165, 1.54) is 0 Å². The number of pyridine rings is 1. The SMILES string of the molecule is COc1ncccc1-c1ccc([C@H](C(=O)Nc2cccc(CCC(=O)O)c2C)C2CCCC2)cc1. The van der Waals surface area contributed by atoms with Gasteiger partial charge in [-0.05, 0) is 72.6 Å². The highest BCUT2D eigenvalue weighted by Gasteiger charge is 2.32. The lowest BCUT2D eigenvalue weighted by atomic mass is 9.83. The summed E-state index contributed by atoms with van der Waals surface area (Å²) in [5.41, 5.74) is 5.52. The van der Waals surface area contributed by atoms with E-state index in [0.717, 1.165) is 59.2 Å². The molecule has 1 saturated carbocycles. The number of amides is 1. The summed E-state index contributed by atoms with van der Waals surface area (Å²) in [6.07, 6.45) is 6.57. The van der Waals surface area contributed by atoms with Crippen LogP contribution in [0.2, 0.25) is 0 Å². The third kappa shape index (κ3) is 5.70. The molecule has 1 heterocycles. The lowest BCUT2D eigenvalue weighted by molar-refractivity contribution is -0.137. The molecule has 2 N–H and O–H groups in total. The van der Waals surface area contributed by atoms with E-state index >= 15 is 0 Å². The van der Waals surface area contributed by atoms with Crippen molar-refractivity contribution in [1.82, 2.24) is 4.98 Å². The van der Waals surface area contributed by atoms with Gasteiger partial charge in [0.25, 0.3) is 0 Å². The molecular formula is C29H32N2O4. The normalized spacial score (nSPS) is 14.5. The maximum absolute atomic E-state index is 13.6. The molecule has 1 amide bonds. The topological polar surface area (TPSA) is 88.5 Å². The van der Waals surface area contributed by atoms with Crippen molar-refractivity contribution < 1.29 is 19.4 Å². The van der Waals surface area contributed by atoms with Crippen molar-refractivity contribution >= 4 is 17.6 Å². The Kier molecular flexibility index (Phi) is 7.80. The number of hydrogen-bond acceptors (Lipinski definition) is 4. The van der Waals surface area contributed by atoms with Crippen molar-refractivity contribution in [3.8, 4) is 17.0 Å². The lowest BCUT2D eigenvalue weighted by Crippen LogP contribution is -2.27. The first-order valence-electron chi connectivity index (χ1n) is 12.2. The van der Waals surface area contributed by atoms with E-state index in [2.05, 4.69) is 10.3 Å². The van der Waals surface area contributed by atoms with Crippen LogP contribution in [0.25, 0.3) is 11.1 Å². The molecule has 3 aromatic rings. The van der Waals surface area contributed by atoms with Crippen LogP contribution in [-0.4, -0.2) is 29.1 Å². The van der Waals surface area contributed by atoms with E-state index < -0.39 is 5.97 Å². The van der Waals surface area contributed by atoms with Crippen LogP contribution in [-0.2, 0) is 16.0 Å². The number of carbonyl (C=O) groups is 2. The molecule has 6 nitrogen and oxygen atoms in total. The number of nitrogens with zero attached hydrogens (tertiary/aromatic N) is 1. The van der Waals surface area contributed by atoms with Gasteiger partial charge in [-0.25, -0.2) is 4.98 Å². The Labute approximate surface area is 206 Å². The van der Waals surface area contributed by atoms with Crippen molar-refractivity contribution in [1.29, 1.82) is 0 Å². The fraction of sp³-hybridized carbons (Fsp3) is 0.345. The Bertz CT molecular complexity index is 1180. The summed E-state index contributed by atoms with van der Waals surface area (Å²) in [6, 6.07) is 17.7. The molecule has 182 valence electrons. The minimum atomic E-state index is -0.826. The highest BCUT2D eigenvalue weighted by molar-refractivity contribution is 5.97. The van der Waals surface area contributed by atoms with Crippen LogP contribution in [0.3, 0.4) is 0 Å². The van der Waals surface area contributed by atoms with Crippen molar-refractivity contribution in [2.45, 2.75) is 51.4 Å². The summed E-state index contributed by atoms with van der Waals surface area (Å²) in [5, 5.41) is 12.2. The van der Waals surface area contributed by atoms with E-state index in [1.807, 2.05) is 61.5 Å². The van der Waals surface area contributed by atoms with E-state index in [-0.39, 0.29) is 18.2 Å². The van der Waals surface area contributed by atoms with Crippen molar-refractivity contribution in [2.24, 2.45) is 5.92 Å². The molecule has 0 unspecified atom stereocenters. The first kappa shape index (κ1) is 24.5. The number of aryl methyl sites for hydroxylation is 1. The quantitative estimate of drug-likeness (QED) is 0.399. The van der Waals surface area contributed by atoms with Gasteiger partial charge in [0, 0.05) is 23.9 Å². The van der Waals surface area contributed by atoms with Crippen LogP contribution in [0.15, 0.2) is 60.8 Å². The number of ether oxygens (including phenoxy) is 1. The molecular weight excluding hydrogens is 440 g/mol. The number of nitrogens with one attached hydrogen (secondary N) is 1. The minimum absolute atomic E-state index is 0.0120. The molecule has 1 aliphatic rings. The Morgan fingerprint density at radius 1 is 1.09 bits per heavy atom. The monoisotopic (exact) mass is 472 g/mol. The van der Waals surface area contributed by atoms with Gasteiger partial charge in [0.15, 0.2) is 0 Å². The number of rotatable bonds is 9. The summed E-state index contributed by atoms with van der Waals surface area (Å²) in [5.74, 6) is -0.216. The van der Waals surface area contributed by atoms with Crippen molar-refractivity contribution in [3.63, 3.8) is 0 Å². The van der Waals surface area contributed by atoms with Crippen LogP contribution < -0.4 is 10.1 Å². The first-order valence-corrected chi connectivity index (χ1v) is 12.2. The van der Waals surface area contributed by atoms with Gasteiger partial charge in [-0.3, -0.25) is 9.59 Å². The van der Waals surface area contributed by atoms with E-state index in [0.29, 0.717) is 18.2 Å². The molecule has 0 bridgehead atoms. The molecule has 4 rings (SSSR count). The third-order valence-electron chi connectivity index (χ3n) is 7.01. The fourth-order valence-corrected chi connectivity index (χ4v) is 5.11. The van der Waals surface area contributed by atoms with Crippen LogP contribution >= 0.6 is 0 Å². The summed E-state index contributed by atoms with van der Waals surface area (Å²) in [4.78, 5) is 28.9. The van der Waals surface area contributed by atoms with Crippen LogP contribution in [0, 0.1) is 12.8 Å². The summed E-state index contributed by atoms with van der Waals surface area (Å²) in [7, 11) is 1.61. The number of carbonyl (C=O) groups excluding carboxylic acids is 1. The largest absolute Gasteiger partial charge is 0.481 e. The molecule has 0 spiro atoms. The molecule has 0 radical (unpaired) electrons. The second-order valence-corrected chi connectivity index (χ2v) is 9.18. The van der Waals surface area contributed by atoms with Crippen LogP contribution in [0.5, 0.6) is 5.88 Å². The van der Waals surface area contributed by atoms with Crippen molar-refractivity contribution in [3.05, 3.63) is 77.5 Å². The summed E-state index contributed by atoms with van der Waals surface area (Å²) < 4.78 is 5.41. The highest BCUT2D eigenvalue weighted by Crippen LogP contribution is 2.39. The summed E-state index contributed by atoms with van der Waals surface area (Å²) >= 11 is 0. The van der Waals surface area contributed by atoms with Gasteiger partial charge in [0.1, 0.15) is 0 Å². The molecule has 1 aromatic heterocycles. The van der Waals surface area contributed by atoms with Gasteiger partial charge in [-0.15, -0.1) is 0 Å². The summed E-state index contributed by atoms with van der Waals surface area (Å²) in [6.45, 7) is 1.94. The fourth-order valence-electron chi connectivity index (χ4n) is 5.11. The average Bonchev–Trinajstić information content (AvgIpc) is 3.39. The Balaban J connectivity index is 1.59. The highest BCUT2D eigenvalue weighted by atomic mass is 16.5. The molecule has 6 heteroatoms. The molecule has 1 atom stereocenters.